The summed E-state index contributed by atoms with van der Waals surface area (Å²) in [7, 11) is 0. The van der Waals surface area contributed by atoms with E-state index in [-0.39, 0.29) is 0 Å². The molecule has 0 atom stereocenters. The molecule has 1 aliphatic carbocycles. The molecule has 0 aliphatic heterocycles. The number of aromatic nitrogens is 2. The van der Waals surface area contributed by atoms with Crippen LogP contribution in [-0.2, 0) is 12.8 Å². The lowest BCUT2D eigenvalue weighted by molar-refractivity contribution is 0.623. The van der Waals surface area contributed by atoms with Crippen LogP contribution in [0.5, 0.6) is 0 Å². The van der Waals surface area contributed by atoms with Gasteiger partial charge in [-0.15, -0.1) is 0 Å². The fraction of sp³-hybridized carbons (Fsp3) is 0.0400. The molecule has 4 heteroatoms. The molecule has 252 valence electrons. The van der Waals surface area contributed by atoms with E-state index in [1.165, 1.54) is 65.7 Å². The Kier molecular flexibility index (Phi) is 5.44. The highest BCUT2D eigenvalue weighted by molar-refractivity contribution is 6.21. The van der Waals surface area contributed by atoms with Crippen molar-refractivity contribution in [3.63, 3.8) is 0 Å². The standard InChI is InChI=1S/C50H30N2O2/c1-2-10-33-29(9-1)17-18-30-19-20-31(27-39(30)33)51-41-14-6-3-12-37(41)47-43(51)24-22-35-36-23-25-44-48(50(36)54-49(35)47)38-13-4-7-15-42(38)52(44)32-21-26-46-40(28-32)34-11-5-8-16-45(34)53-46/h1-21,23,25-28H,22,24H2. The maximum Gasteiger partial charge on any atom is 0.145 e. The number of fused-ring (bicyclic) bond motifs is 17. The van der Waals surface area contributed by atoms with E-state index >= 15 is 0 Å². The van der Waals surface area contributed by atoms with Crippen molar-refractivity contribution in [1.29, 1.82) is 0 Å². The molecule has 0 spiro atoms. The van der Waals surface area contributed by atoms with E-state index in [0.29, 0.717) is 0 Å². The number of benzene rings is 8. The average molecular weight is 691 g/mol. The SMILES string of the molecule is c1ccc2c(c1)ccc1ccc(-n3c4c(c5ccccc53)-c3oc5c(ccc6c5c5ccccc5n6-c5ccc6oc7ccccc7c6c5)c3CC4)cc12. The third kappa shape index (κ3) is 3.67. The summed E-state index contributed by atoms with van der Waals surface area (Å²) in [5.74, 6) is 1.00. The van der Waals surface area contributed by atoms with E-state index in [4.69, 9.17) is 8.83 Å². The van der Waals surface area contributed by atoms with E-state index in [0.717, 1.165) is 68.2 Å². The fourth-order valence-corrected chi connectivity index (χ4v) is 9.69. The topological polar surface area (TPSA) is 36.1 Å². The smallest absolute Gasteiger partial charge is 0.145 e. The van der Waals surface area contributed by atoms with E-state index in [1.807, 2.05) is 12.1 Å². The summed E-state index contributed by atoms with van der Waals surface area (Å²) in [5, 5.41) is 12.1. The quantitative estimate of drug-likeness (QED) is 0.169. The number of aryl methyl sites for hydroxylation is 1. The Balaban J connectivity index is 1.06. The van der Waals surface area contributed by atoms with Crippen molar-refractivity contribution >= 4 is 87.2 Å². The van der Waals surface area contributed by atoms with Gasteiger partial charge in [0.15, 0.2) is 0 Å². The zero-order valence-electron chi connectivity index (χ0n) is 29.1. The van der Waals surface area contributed by atoms with Crippen molar-refractivity contribution in [2.75, 3.05) is 0 Å². The van der Waals surface area contributed by atoms with Gasteiger partial charge in [-0.25, -0.2) is 0 Å². The highest BCUT2D eigenvalue weighted by atomic mass is 16.3. The molecule has 0 radical (unpaired) electrons. The van der Waals surface area contributed by atoms with E-state index in [9.17, 15) is 0 Å². The lowest BCUT2D eigenvalue weighted by atomic mass is 9.92. The van der Waals surface area contributed by atoms with Crippen LogP contribution in [0.4, 0.5) is 0 Å². The molecule has 0 unspecified atom stereocenters. The van der Waals surface area contributed by atoms with Gasteiger partial charge in [-0.1, -0.05) is 97.1 Å². The molecule has 54 heavy (non-hydrogen) atoms. The lowest BCUT2D eigenvalue weighted by Gasteiger charge is -2.17. The van der Waals surface area contributed by atoms with Crippen LogP contribution < -0.4 is 0 Å². The Labute approximate surface area is 308 Å². The molecule has 4 aromatic heterocycles. The number of para-hydroxylation sites is 3. The van der Waals surface area contributed by atoms with Gasteiger partial charge in [0, 0.05) is 55.1 Å². The minimum atomic E-state index is 0.897. The number of hydrogen-bond donors (Lipinski definition) is 0. The van der Waals surface area contributed by atoms with Crippen molar-refractivity contribution in [2.24, 2.45) is 0 Å². The van der Waals surface area contributed by atoms with Crippen LogP contribution in [0.25, 0.3) is 110 Å². The second kappa shape index (κ2) is 10.3. The van der Waals surface area contributed by atoms with Crippen LogP contribution in [0.15, 0.2) is 167 Å². The fourth-order valence-electron chi connectivity index (χ4n) is 9.69. The Hall–Kier alpha value is -7.04. The number of rotatable bonds is 2. The van der Waals surface area contributed by atoms with Crippen LogP contribution in [0.3, 0.4) is 0 Å². The van der Waals surface area contributed by atoms with Gasteiger partial charge in [0.05, 0.1) is 21.9 Å². The molecular weight excluding hydrogens is 661 g/mol. The first-order valence-corrected chi connectivity index (χ1v) is 18.7. The normalized spacial score (nSPS) is 13.0. The van der Waals surface area contributed by atoms with Gasteiger partial charge < -0.3 is 18.0 Å². The molecule has 0 fully saturated rings. The number of hydrogen-bond acceptors (Lipinski definition) is 2. The third-order valence-corrected chi connectivity index (χ3v) is 12.0. The van der Waals surface area contributed by atoms with Crippen LogP contribution in [0.2, 0.25) is 0 Å². The van der Waals surface area contributed by atoms with Gasteiger partial charge in [0.2, 0.25) is 0 Å². The predicted octanol–water partition coefficient (Wildman–Crippen LogP) is 13.4. The first-order valence-electron chi connectivity index (χ1n) is 18.7. The van der Waals surface area contributed by atoms with Crippen LogP contribution in [0, 0.1) is 0 Å². The second-order valence-electron chi connectivity index (χ2n) is 14.7. The molecule has 1 aliphatic rings. The van der Waals surface area contributed by atoms with E-state index in [2.05, 4.69) is 155 Å². The van der Waals surface area contributed by atoms with Crippen molar-refractivity contribution in [3.05, 3.63) is 169 Å². The first-order chi connectivity index (χ1) is 26.8. The van der Waals surface area contributed by atoms with Gasteiger partial charge in [-0.3, -0.25) is 0 Å². The van der Waals surface area contributed by atoms with Crippen molar-refractivity contribution < 1.29 is 8.83 Å². The summed E-state index contributed by atoms with van der Waals surface area (Å²) >= 11 is 0. The summed E-state index contributed by atoms with van der Waals surface area (Å²) in [4.78, 5) is 0. The third-order valence-electron chi connectivity index (χ3n) is 12.0. The molecule has 12 aromatic rings. The molecule has 0 amide bonds. The second-order valence-corrected chi connectivity index (χ2v) is 14.7. The van der Waals surface area contributed by atoms with Gasteiger partial charge in [-0.05, 0) is 95.1 Å². The Morgan fingerprint density at radius 2 is 1.06 bits per heavy atom. The van der Waals surface area contributed by atoms with Gasteiger partial charge in [-0.2, -0.15) is 0 Å². The highest BCUT2D eigenvalue weighted by Crippen LogP contribution is 2.49. The van der Waals surface area contributed by atoms with Crippen LogP contribution >= 0.6 is 0 Å². The molecule has 0 saturated carbocycles. The van der Waals surface area contributed by atoms with Crippen molar-refractivity contribution in [3.8, 4) is 22.7 Å². The zero-order chi connectivity index (χ0) is 35.1. The monoisotopic (exact) mass is 690 g/mol. The molecule has 4 nitrogen and oxygen atoms in total. The first kappa shape index (κ1) is 28.5. The molecule has 8 aromatic carbocycles. The summed E-state index contributed by atoms with van der Waals surface area (Å²) in [6, 6.07) is 57.0. The minimum Gasteiger partial charge on any atom is -0.456 e. The summed E-state index contributed by atoms with van der Waals surface area (Å²) in [5.41, 5.74) is 12.4. The van der Waals surface area contributed by atoms with Gasteiger partial charge >= 0.3 is 0 Å². The van der Waals surface area contributed by atoms with Gasteiger partial charge in [0.25, 0.3) is 0 Å². The molecule has 0 saturated heterocycles. The van der Waals surface area contributed by atoms with Crippen LogP contribution in [0.1, 0.15) is 11.3 Å². The van der Waals surface area contributed by atoms with Crippen molar-refractivity contribution in [2.45, 2.75) is 12.8 Å². The lowest BCUT2D eigenvalue weighted by Crippen LogP contribution is -2.07. The largest absolute Gasteiger partial charge is 0.456 e. The van der Waals surface area contributed by atoms with Crippen molar-refractivity contribution in [1.82, 2.24) is 9.13 Å². The molecule has 0 bridgehead atoms. The Morgan fingerprint density at radius 3 is 1.94 bits per heavy atom. The van der Waals surface area contributed by atoms with Gasteiger partial charge in [0.1, 0.15) is 22.5 Å². The summed E-state index contributed by atoms with van der Waals surface area (Å²) in [6.07, 6.45) is 1.84. The average Bonchev–Trinajstić information content (AvgIpc) is 3.97. The maximum atomic E-state index is 7.25. The number of furan rings is 2. The Morgan fingerprint density at radius 1 is 0.407 bits per heavy atom. The number of nitrogens with zero attached hydrogens (tertiary/aromatic N) is 2. The maximum absolute atomic E-state index is 7.25. The molecule has 0 N–H and O–H groups in total. The Bertz CT molecular complexity index is 3570. The van der Waals surface area contributed by atoms with Crippen LogP contribution in [-0.4, -0.2) is 9.13 Å². The molecular formula is C50H30N2O2. The van der Waals surface area contributed by atoms with E-state index < -0.39 is 0 Å². The zero-order valence-corrected chi connectivity index (χ0v) is 29.1. The summed E-state index contributed by atoms with van der Waals surface area (Å²) in [6.45, 7) is 0. The molecule has 4 heterocycles. The van der Waals surface area contributed by atoms with E-state index in [1.54, 1.807) is 0 Å². The summed E-state index contributed by atoms with van der Waals surface area (Å²) < 4.78 is 18.3. The molecule has 13 rings (SSSR count). The minimum absolute atomic E-state index is 0.897. The predicted molar refractivity (Wildman–Crippen MR) is 223 cm³/mol. The highest BCUT2D eigenvalue weighted by Gasteiger charge is 2.31.